The average molecular weight is 636 g/mol. The third kappa shape index (κ3) is 6.54. The van der Waals surface area contributed by atoms with Crippen LogP contribution in [0.2, 0.25) is 0 Å². The van der Waals surface area contributed by atoms with Gasteiger partial charge in [-0.25, -0.2) is 14.4 Å². The minimum atomic E-state index is -4.95. The number of alkyl halides is 3. The number of aromatic nitrogens is 1. The Kier molecular flexibility index (Phi) is 8.92. The lowest BCUT2D eigenvalue weighted by molar-refractivity contribution is -0.124. The number of carbonyl (C=O) groups excluding carboxylic acids is 3. The topological polar surface area (TPSA) is 101 Å². The molecule has 1 aromatic heterocycles. The minimum Gasteiger partial charge on any atom is -0.367 e. The van der Waals surface area contributed by atoms with Crippen LogP contribution in [0, 0.1) is 11.7 Å². The number of nitrogens with one attached hydrogen (secondary N) is 1. The highest BCUT2D eigenvalue weighted by Gasteiger charge is 2.43. The molecule has 10 nitrogen and oxygen atoms in total. The number of rotatable bonds is 5. The van der Waals surface area contributed by atoms with Crippen molar-refractivity contribution in [2.75, 3.05) is 63.6 Å². The van der Waals surface area contributed by atoms with Crippen molar-refractivity contribution in [2.45, 2.75) is 32.1 Å². The number of hydrogen-bond acceptors (Lipinski definition) is 8. The first kappa shape index (κ1) is 31.7. The highest BCUT2D eigenvalue weighted by Crippen LogP contribution is 2.39. The number of thiazole rings is 1. The normalized spacial score (nSPS) is 23.6. The Morgan fingerprint density at radius 1 is 1.05 bits per heavy atom. The van der Waals surface area contributed by atoms with Crippen molar-refractivity contribution in [3.05, 3.63) is 40.7 Å². The van der Waals surface area contributed by atoms with Gasteiger partial charge < -0.3 is 20.0 Å². The van der Waals surface area contributed by atoms with Crippen molar-refractivity contribution in [2.24, 2.45) is 10.9 Å². The number of likely N-dealkylation sites (N-methyl/N-ethyl adjacent to an activating group) is 2. The number of amides is 3. The van der Waals surface area contributed by atoms with E-state index < -0.39 is 35.3 Å². The van der Waals surface area contributed by atoms with Gasteiger partial charge in [0.2, 0.25) is 5.91 Å². The Balaban J connectivity index is 1.50. The molecule has 44 heavy (non-hydrogen) atoms. The fraction of sp³-hybridized carbons (Fsp3) is 0.483. The molecule has 15 heteroatoms. The molecule has 2 fully saturated rings. The van der Waals surface area contributed by atoms with E-state index in [0.717, 1.165) is 24.4 Å². The van der Waals surface area contributed by atoms with Crippen LogP contribution in [0.5, 0.6) is 0 Å². The highest BCUT2D eigenvalue weighted by atomic mass is 32.1. The van der Waals surface area contributed by atoms with Crippen LogP contribution in [0.4, 0.5) is 28.9 Å². The maximum atomic E-state index is 15.8. The maximum absolute atomic E-state index is 15.8. The summed E-state index contributed by atoms with van der Waals surface area (Å²) in [6, 6.07) is 2.69. The Morgan fingerprint density at radius 2 is 1.70 bits per heavy atom. The third-order valence-electron chi connectivity index (χ3n) is 8.36. The van der Waals surface area contributed by atoms with Crippen molar-refractivity contribution in [3.63, 3.8) is 0 Å². The summed E-state index contributed by atoms with van der Waals surface area (Å²) in [5, 5.41) is 4.28. The van der Waals surface area contributed by atoms with Gasteiger partial charge in [-0.05, 0) is 34.0 Å². The molecule has 0 saturated carbocycles. The molecule has 2 saturated heterocycles. The van der Waals surface area contributed by atoms with E-state index in [-0.39, 0.29) is 45.6 Å². The van der Waals surface area contributed by atoms with Gasteiger partial charge in [0.1, 0.15) is 22.4 Å². The predicted molar refractivity (Wildman–Crippen MR) is 160 cm³/mol. The van der Waals surface area contributed by atoms with Crippen LogP contribution in [0.3, 0.4) is 0 Å². The summed E-state index contributed by atoms with van der Waals surface area (Å²) >= 11 is 1.05. The highest BCUT2D eigenvalue weighted by molar-refractivity contribution is 7.13. The van der Waals surface area contributed by atoms with Crippen molar-refractivity contribution in [3.8, 4) is 10.6 Å². The third-order valence-corrected chi connectivity index (χ3v) is 9.24. The lowest BCUT2D eigenvalue weighted by atomic mass is 9.95. The van der Waals surface area contributed by atoms with Gasteiger partial charge >= 0.3 is 6.18 Å². The summed E-state index contributed by atoms with van der Waals surface area (Å²) in [7, 11) is 3.94. The first-order valence-corrected chi connectivity index (χ1v) is 15.0. The van der Waals surface area contributed by atoms with Gasteiger partial charge in [-0.15, -0.1) is 11.3 Å². The number of piperazine rings is 2. The van der Waals surface area contributed by atoms with E-state index in [1.807, 2.05) is 32.8 Å². The Morgan fingerprint density at radius 3 is 2.34 bits per heavy atom. The number of nitrogens with zero attached hydrogens (tertiary/aromatic N) is 6. The molecule has 1 unspecified atom stereocenters. The van der Waals surface area contributed by atoms with Crippen molar-refractivity contribution in [1.82, 2.24) is 19.7 Å². The van der Waals surface area contributed by atoms with E-state index in [2.05, 4.69) is 25.1 Å². The molecule has 2 aromatic rings. The lowest BCUT2D eigenvalue weighted by Crippen LogP contribution is -2.55. The summed E-state index contributed by atoms with van der Waals surface area (Å²) in [5.41, 5.74) is -0.829. The van der Waals surface area contributed by atoms with E-state index in [9.17, 15) is 27.6 Å². The van der Waals surface area contributed by atoms with Crippen molar-refractivity contribution >= 4 is 46.6 Å². The number of dihydropyridines is 1. The smallest absolute Gasteiger partial charge is 0.367 e. The summed E-state index contributed by atoms with van der Waals surface area (Å²) < 4.78 is 57.1. The van der Waals surface area contributed by atoms with E-state index in [1.165, 1.54) is 12.1 Å². The molecule has 1 N–H and O–H groups in total. The van der Waals surface area contributed by atoms with Gasteiger partial charge in [0.05, 0.1) is 16.9 Å². The van der Waals surface area contributed by atoms with Gasteiger partial charge in [0, 0.05) is 80.7 Å². The van der Waals surface area contributed by atoms with E-state index in [1.54, 1.807) is 10.3 Å². The van der Waals surface area contributed by atoms with Crippen LogP contribution < -0.4 is 10.2 Å². The molecule has 0 radical (unpaired) electrons. The van der Waals surface area contributed by atoms with Gasteiger partial charge in [0.25, 0.3) is 11.8 Å². The SMILES string of the molecule is C[C@@H]1CN(c2cc(F)c(-c3nc(C(=O)N4CCN(C)CC4)cs3)cc2NC(=O)C2C=NC(=O)C=C2C(F)(F)F)C[C@H](C)N1C. The predicted octanol–water partition coefficient (Wildman–Crippen LogP) is 3.52. The fourth-order valence-corrected chi connectivity index (χ4v) is 6.33. The summed E-state index contributed by atoms with van der Waals surface area (Å²) in [4.78, 5) is 53.6. The maximum Gasteiger partial charge on any atom is 0.414 e. The molecule has 3 aliphatic heterocycles. The second kappa shape index (κ2) is 12.4. The molecule has 236 valence electrons. The zero-order chi connectivity index (χ0) is 31.9. The van der Waals surface area contributed by atoms with Gasteiger partial charge in [-0.3, -0.25) is 19.3 Å². The summed E-state index contributed by atoms with van der Waals surface area (Å²) in [5.74, 6) is -5.01. The number of aliphatic imine (C=N–C) groups is 1. The fourth-order valence-electron chi connectivity index (χ4n) is 5.52. The molecule has 0 spiro atoms. The molecule has 0 bridgehead atoms. The van der Waals surface area contributed by atoms with E-state index >= 15 is 4.39 Å². The standard InChI is InChI=1S/C29H33F4N7O3S/c1-16-13-40(14-17(2)38(16)4)24-11-21(30)18(27-36-23(15-44-27)28(43)39-7-5-37(3)6-8-39)9-22(24)35-26(42)19-12-34-25(41)10-20(19)29(31,32)33/h9-12,15-17,19H,5-8,13-14H2,1-4H3,(H,35,42)/t16-,17+,19?. The number of anilines is 2. The second-order valence-electron chi connectivity index (χ2n) is 11.4. The molecule has 4 heterocycles. The molecule has 3 atom stereocenters. The zero-order valence-corrected chi connectivity index (χ0v) is 25.5. The molecule has 1 aromatic carbocycles. The number of hydrogen-bond donors (Lipinski definition) is 1. The van der Waals surface area contributed by atoms with Crippen LogP contribution in [0.1, 0.15) is 24.3 Å². The minimum absolute atomic E-state index is 0.0132. The second-order valence-corrected chi connectivity index (χ2v) is 12.3. The Labute approximate surface area is 256 Å². The molecule has 3 aliphatic rings. The molecular weight excluding hydrogens is 602 g/mol. The first-order valence-electron chi connectivity index (χ1n) is 14.1. The van der Waals surface area contributed by atoms with E-state index in [4.69, 9.17) is 0 Å². The first-order chi connectivity index (χ1) is 20.7. The van der Waals surface area contributed by atoms with Gasteiger partial charge in [-0.1, -0.05) is 0 Å². The lowest BCUT2D eigenvalue weighted by Gasteiger charge is -2.44. The zero-order valence-electron chi connectivity index (χ0n) is 24.7. The monoisotopic (exact) mass is 635 g/mol. The van der Waals surface area contributed by atoms with Crippen molar-refractivity contribution < 1.29 is 31.9 Å². The van der Waals surface area contributed by atoms with E-state index in [0.29, 0.717) is 38.5 Å². The number of benzene rings is 1. The van der Waals surface area contributed by atoms with Crippen LogP contribution in [0.15, 0.2) is 34.2 Å². The van der Waals surface area contributed by atoms with Crippen LogP contribution in [-0.2, 0) is 9.59 Å². The van der Waals surface area contributed by atoms with Gasteiger partial charge in [-0.2, -0.15) is 13.2 Å². The Hall–Kier alpha value is -3.69. The van der Waals surface area contributed by atoms with Crippen LogP contribution in [0.25, 0.3) is 10.6 Å². The quantitative estimate of drug-likeness (QED) is 0.502. The molecule has 3 amide bonds. The molecule has 0 aliphatic carbocycles. The molecular formula is C29H33F4N7O3S. The largest absolute Gasteiger partial charge is 0.414 e. The van der Waals surface area contributed by atoms with Crippen molar-refractivity contribution in [1.29, 1.82) is 0 Å². The average Bonchev–Trinajstić information content (AvgIpc) is 3.46. The number of halogens is 4. The summed E-state index contributed by atoms with van der Waals surface area (Å²) in [6.45, 7) is 7.44. The number of carbonyl (C=O) groups is 3. The molecule has 5 rings (SSSR count). The van der Waals surface area contributed by atoms with Crippen LogP contribution >= 0.6 is 11.3 Å². The van der Waals surface area contributed by atoms with Crippen LogP contribution in [-0.4, -0.2) is 115 Å². The Bertz CT molecular complexity index is 1500. The van der Waals surface area contributed by atoms with Gasteiger partial charge in [0.15, 0.2) is 0 Å². The summed E-state index contributed by atoms with van der Waals surface area (Å²) in [6.07, 6.45) is -3.97.